The van der Waals surface area contributed by atoms with E-state index in [4.69, 9.17) is 9.26 Å². The number of hydrogen-bond donors (Lipinski definition) is 1. The molecule has 0 aliphatic heterocycles. The SMILES string of the molecule is CCOC(=O)Cc1csc(NC(=O)c2cc(-c3cccnc3)on2)n1. The van der Waals surface area contributed by atoms with Crippen molar-refractivity contribution in [3.05, 3.63) is 47.4 Å². The lowest BCUT2D eigenvalue weighted by molar-refractivity contribution is -0.142. The number of aromatic nitrogens is 3. The van der Waals surface area contributed by atoms with E-state index in [1.54, 1.807) is 36.8 Å². The minimum absolute atomic E-state index is 0.0648. The predicted octanol–water partition coefficient (Wildman–Crippen LogP) is 2.55. The molecular formula is C16H14N4O4S. The molecule has 0 saturated heterocycles. The number of esters is 1. The van der Waals surface area contributed by atoms with Gasteiger partial charge in [0.15, 0.2) is 16.6 Å². The second-order valence-electron chi connectivity index (χ2n) is 4.90. The van der Waals surface area contributed by atoms with E-state index in [0.717, 1.165) is 5.56 Å². The number of carbonyl (C=O) groups is 2. The van der Waals surface area contributed by atoms with Crippen LogP contribution in [0.25, 0.3) is 11.3 Å². The first kappa shape index (κ1) is 16.8. The van der Waals surface area contributed by atoms with Crippen LogP contribution in [0.1, 0.15) is 23.1 Å². The van der Waals surface area contributed by atoms with Crippen LogP contribution in [0, 0.1) is 0 Å². The van der Waals surface area contributed by atoms with Crippen molar-refractivity contribution in [3.8, 4) is 11.3 Å². The second-order valence-corrected chi connectivity index (χ2v) is 5.76. The average molecular weight is 358 g/mol. The van der Waals surface area contributed by atoms with Crippen molar-refractivity contribution >= 4 is 28.3 Å². The molecule has 3 rings (SSSR count). The van der Waals surface area contributed by atoms with Crippen molar-refractivity contribution in [1.82, 2.24) is 15.1 Å². The van der Waals surface area contributed by atoms with Gasteiger partial charge < -0.3 is 9.26 Å². The third kappa shape index (κ3) is 4.27. The third-order valence-corrected chi connectivity index (χ3v) is 3.90. The molecule has 0 radical (unpaired) electrons. The van der Waals surface area contributed by atoms with E-state index in [1.165, 1.54) is 17.4 Å². The Morgan fingerprint density at radius 2 is 2.28 bits per heavy atom. The van der Waals surface area contributed by atoms with E-state index in [2.05, 4.69) is 20.4 Å². The van der Waals surface area contributed by atoms with Crippen LogP contribution < -0.4 is 5.32 Å². The minimum Gasteiger partial charge on any atom is -0.466 e. The van der Waals surface area contributed by atoms with Crippen LogP contribution in [0.15, 0.2) is 40.5 Å². The summed E-state index contributed by atoms with van der Waals surface area (Å²) in [6.07, 6.45) is 3.32. The summed E-state index contributed by atoms with van der Waals surface area (Å²) in [7, 11) is 0. The van der Waals surface area contributed by atoms with Crippen LogP contribution in [0.2, 0.25) is 0 Å². The van der Waals surface area contributed by atoms with Crippen molar-refractivity contribution in [1.29, 1.82) is 0 Å². The van der Waals surface area contributed by atoms with Crippen molar-refractivity contribution < 1.29 is 18.8 Å². The largest absolute Gasteiger partial charge is 0.466 e. The number of nitrogens with one attached hydrogen (secondary N) is 1. The Kier molecular flexibility index (Phi) is 5.14. The van der Waals surface area contributed by atoms with Crippen LogP contribution in [0.5, 0.6) is 0 Å². The second kappa shape index (κ2) is 7.67. The average Bonchev–Trinajstić information content (AvgIpc) is 3.25. The highest BCUT2D eigenvalue weighted by Gasteiger charge is 2.16. The van der Waals surface area contributed by atoms with Crippen LogP contribution in [0.3, 0.4) is 0 Å². The Balaban J connectivity index is 1.64. The molecule has 0 saturated carbocycles. The number of hydrogen-bond acceptors (Lipinski definition) is 8. The standard InChI is InChI=1S/C16H14N4O4S/c1-2-23-14(21)6-11-9-25-16(18-11)19-15(22)12-7-13(24-20-12)10-4-3-5-17-8-10/h3-5,7-9H,2,6H2,1H3,(H,18,19,22). The van der Waals surface area contributed by atoms with Gasteiger partial charge in [-0.25, -0.2) is 4.98 Å². The first-order chi connectivity index (χ1) is 12.2. The third-order valence-electron chi connectivity index (χ3n) is 3.09. The molecule has 25 heavy (non-hydrogen) atoms. The van der Waals surface area contributed by atoms with E-state index in [-0.39, 0.29) is 18.1 Å². The van der Waals surface area contributed by atoms with Gasteiger partial charge in [-0.2, -0.15) is 0 Å². The Bertz CT molecular complexity index is 875. The van der Waals surface area contributed by atoms with Gasteiger partial charge >= 0.3 is 5.97 Å². The molecule has 3 aromatic rings. The Morgan fingerprint density at radius 3 is 3.04 bits per heavy atom. The Morgan fingerprint density at radius 1 is 1.40 bits per heavy atom. The molecule has 1 N–H and O–H groups in total. The van der Waals surface area contributed by atoms with Crippen molar-refractivity contribution in [3.63, 3.8) is 0 Å². The fraction of sp³-hybridized carbons (Fsp3) is 0.188. The van der Waals surface area contributed by atoms with Gasteiger partial charge in [0, 0.05) is 29.4 Å². The zero-order valence-electron chi connectivity index (χ0n) is 13.3. The number of thiazole rings is 1. The van der Waals surface area contributed by atoms with Gasteiger partial charge in [-0.1, -0.05) is 5.16 Å². The maximum Gasteiger partial charge on any atom is 0.311 e. The van der Waals surface area contributed by atoms with Gasteiger partial charge in [-0.3, -0.25) is 19.9 Å². The molecular weight excluding hydrogens is 344 g/mol. The maximum atomic E-state index is 12.2. The number of carbonyl (C=O) groups excluding carboxylic acids is 2. The van der Waals surface area contributed by atoms with E-state index in [9.17, 15) is 9.59 Å². The fourth-order valence-electron chi connectivity index (χ4n) is 1.99. The summed E-state index contributed by atoms with van der Waals surface area (Å²) in [6.45, 7) is 2.06. The lowest BCUT2D eigenvalue weighted by atomic mass is 10.2. The maximum absolute atomic E-state index is 12.2. The molecule has 0 aliphatic rings. The fourth-order valence-corrected chi connectivity index (χ4v) is 2.70. The summed E-state index contributed by atoms with van der Waals surface area (Å²) in [6, 6.07) is 5.09. The number of anilines is 1. The number of ether oxygens (including phenoxy) is 1. The van der Waals surface area contributed by atoms with E-state index in [0.29, 0.717) is 23.2 Å². The number of pyridine rings is 1. The zero-order chi connectivity index (χ0) is 17.6. The molecule has 8 nitrogen and oxygen atoms in total. The van der Waals surface area contributed by atoms with E-state index in [1.807, 2.05) is 0 Å². The summed E-state index contributed by atoms with van der Waals surface area (Å²) in [5.41, 5.74) is 1.39. The molecule has 0 aromatic carbocycles. The molecule has 0 unspecified atom stereocenters. The Labute approximate surface area is 146 Å². The summed E-state index contributed by atoms with van der Waals surface area (Å²) >= 11 is 1.22. The predicted molar refractivity (Wildman–Crippen MR) is 90.1 cm³/mol. The summed E-state index contributed by atoms with van der Waals surface area (Å²) in [4.78, 5) is 31.8. The highest BCUT2D eigenvalue weighted by atomic mass is 32.1. The number of amides is 1. The summed E-state index contributed by atoms with van der Waals surface area (Å²) in [5, 5.41) is 8.44. The van der Waals surface area contributed by atoms with E-state index >= 15 is 0 Å². The summed E-state index contributed by atoms with van der Waals surface area (Å²) < 4.78 is 10.0. The van der Waals surface area contributed by atoms with Gasteiger partial charge in [0.05, 0.1) is 18.7 Å². The van der Waals surface area contributed by atoms with Gasteiger partial charge in [-0.15, -0.1) is 11.3 Å². The van der Waals surface area contributed by atoms with Gasteiger partial charge in [-0.05, 0) is 19.1 Å². The number of rotatable bonds is 6. The molecule has 3 aromatic heterocycles. The molecule has 1 amide bonds. The molecule has 3 heterocycles. The van der Waals surface area contributed by atoms with Crippen LogP contribution >= 0.6 is 11.3 Å². The molecule has 0 aliphatic carbocycles. The van der Waals surface area contributed by atoms with Crippen molar-refractivity contribution in [2.75, 3.05) is 11.9 Å². The lowest BCUT2D eigenvalue weighted by Crippen LogP contribution is -2.12. The van der Waals surface area contributed by atoms with E-state index < -0.39 is 5.91 Å². The Hall–Kier alpha value is -3.07. The zero-order valence-corrected chi connectivity index (χ0v) is 14.1. The van der Waals surface area contributed by atoms with Crippen molar-refractivity contribution in [2.45, 2.75) is 13.3 Å². The van der Waals surface area contributed by atoms with Crippen molar-refractivity contribution in [2.24, 2.45) is 0 Å². The van der Waals surface area contributed by atoms with Gasteiger partial charge in [0.2, 0.25) is 0 Å². The van der Waals surface area contributed by atoms with Crippen LogP contribution in [0.4, 0.5) is 5.13 Å². The molecule has 128 valence electrons. The van der Waals surface area contributed by atoms with Crippen LogP contribution in [-0.2, 0) is 16.0 Å². The first-order valence-corrected chi connectivity index (χ1v) is 8.32. The summed E-state index contributed by atoms with van der Waals surface area (Å²) in [5.74, 6) is -0.361. The smallest absolute Gasteiger partial charge is 0.311 e. The molecule has 0 atom stereocenters. The topological polar surface area (TPSA) is 107 Å². The molecule has 0 spiro atoms. The van der Waals surface area contributed by atoms with Gasteiger partial charge in [0.1, 0.15) is 0 Å². The molecule has 0 bridgehead atoms. The molecule has 0 fully saturated rings. The molecule has 9 heteroatoms. The normalized spacial score (nSPS) is 10.4. The van der Waals surface area contributed by atoms with Crippen LogP contribution in [-0.4, -0.2) is 33.6 Å². The highest BCUT2D eigenvalue weighted by Crippen LogP contribution is 2.21. The lowest BCUT2D eigenvalue weighted by Gasteiger charge is -1.98. The quantitative estimate of drug-likeness (QED) is 0.675. The minimum atomic E-state index is -0.448. The monoisotopic (exact) mass is 358 g/mol. The number of nitrogens with zero attached hydrogens (tertiary/aromatic N) is 3. The highest BCUT2D eigenvalue weighted by molar-refractivity contribution is 7.14. The first-order valence-electron chi connectivity index (χ1n) is 7.44. The van der Waals surface area contributed by atoms with Gasteiger partial charge in [0.25, 0.3) is 5.91 Å².